The number of carbonyl (C=O) groups is 1. The Morgan fingerprint density at radius 3 is 2.57 bits per heavy atom. The largest absolute Gasteiger partial charge is 0.320 e. The van der Waals surface area contributed by atoms with E-state index in [0.29, 0.717) is 0 Å². The van der Waals surface area contributed by atoms with Gasteiger partial charge in [-0.25, -0.2) is 9.97 Å². The van der Waals surface area contributed by atoms with Crippen molar-refractivity contribution in [3.8, 4) is 12.3 Å². The number of anilines is 1. The molecule has 0 aromatic carbocycles. The molecule has 0 aliphatic rings. The third-order valence-electron chi connectivity index (χ3n) is 1.28. The molecule has 0 saturated heterocycles. The van der Waals surface area contributed by atoms with Crippen molar-refractivity contribution >= 4 is 34.8 Å². The van der Waals surface area contributed by atoms with E-state index in [1.54, 1.807) is 0 Å². The molecule has 1 aromatic heterocycles. The summed E-state index contributed by atoms with van der Waals surface area (Å²) in [6.45, 7) is 0. The van der Waals surface area contributed by atoms with Crippen molar-refractivity contribution in [1.82, 2.24) is 9.97 Å². The standard InChI is InChI=1S/C8H5Cl2N3O/c1-2-3-5(14)13-6-7(9)11-4-12-8(6)10/h1,4H,3H2,(H,13,14). The number of nitrogens with zero attached hydrogens (tertiary/aromatic N) is 2. The van der Waals surface area contributed by atoms with Gasteiger partial charge < -0.3 is 5.32 Å². The summed E-state index contributed by atoms with van der Waals surface area (Å²) in [6, 6.07) is 0. The zero-order valence-corrected chi connectivity index (χ0v) is 8.43. The Kier molecular flexibility index (Phi) is 3.69. The van der Waals surface area contributed by atoms with Crippen LogP contribution in [0.3, 0.4) is 0 Å². The Morgan fingerprint density at radius 2 is 2.07 bits per heavy atom. The van der Waals surface area contributed by atoms with Gasteiger partial charge in [-0.2, -0.15) is 0 Å². The van der Waals surface area contributed by atoms with Crippen LogP contribution in [0.25, 0.3) is 0 Å². The van der Waals surface area contributed by atoms with Crippen LogP contribution < -0.4 is 5.32 Å². The Labute approximate surface area is 90.6 Å². The van der Waals surface area contributed by atoms with Crippen molar-refractivity contribution in [3.63, 3.8) is 0 Å². The van der Waals surface area contributed by atoms with Gasteiger partial charge in [-0.05, 0) is 0 Å². The van der Waals surface area contributed by atoms with E-state index in [4.69, 9.17) is 29.6 Å². The highest BCUT2D eigenvalue weighted by Gasteiger charge is 2.10. The molecule has 0 atom stereocenters. The highest BCUT2D eigenvalue weighted by atomic mass is 35.5. The van der Waals surface area contributed by atoms with Crippen LogP contribution in [-0.2, 0) is 4.79 Å². The zero-order valence-electron chi connectivity index (χ0n) is 6.92. The number of rotatable bonds is 2. The number of carbonyl (C=O) groups excluding carboxylic acids is 1. The summed E-state index contributed by atoms with van der Waals surface area (Å²) >= 11 is 11.3. The Bertz CT molecular complexity index is 380. The second-order valence-electron chi connectivity index (χ2n) is 2.26. The van der Waals surface area contributed by atoms with Crippen LogP contribution in [0.4, 0.5) is 5.69 Å². The zero-order chi connectivity index (χ0) is 10.6. The van der Waals surface area contributed by atoms with E-state index in [2.05, 4.69) is 21.2 Å². The minimum atomic E-state index is -0.383. The van der Waals surface area contributed by atoms with Crippen LogP contribution in [-0.4, -0.2) is 15.9 Å². The molecule has 0 radical (unpaired) electrons. The van der Waals surface area contributed by atoms with Crippen LogP contribution in [0.15, 0.2) is 6.33 Å². The van der Waals surface area contributed by atoms with E-state index in [1.165, 1.54) is 6.33 Å². The van der Waals surface area contributed by atoms with Gasteiger partial charge in [0.15, 0.2) is 10.3 Å². The van der Waals surface area contributed by atoms with Crippen molar-refractivity contribution in [3.05, 3.63) is 16.6 Å². The summed E-state index contributed by atoms with van der Waals surface area (Å²) < 4.78 is 0. The molecule has 0 unspecified atom stereocenters. The average Bonchev–Trinajstić information content (AvgIpc) is 2.12. The first-order chi connectivity index (χ1) is 6.65. The van der Waals surface area contributed by atoms with E-state index in [1.807, 2.05) is 0 Å². The number of aromatic nitrogens is 2. The van der Waals surface area contributed by atoms with Gasteiger partial charge in [-0.15, -0.1) is 6.42 Å². The van der Waals surface area contributed by atoms with E-state index in [9.17, 15) is 4.79 Å². The molecule has 1 rings (SSSR count). The first-order valence-corrected chi connectivity index (χ1v) is 4.30. The molecule has 0 bridgehead atoms. The molecule has 14 heavy (non-hydrogen) atoms. The molecule has 0 fully saturated rings. The predicted octanol–water partition coefficient (Wildman–Crippen LogP) is 1.75. The molecule has 0 aliphatic carbocycles. The SMILES string of the molecule is C#CCC(=O)Nc1c(Cl)ncnc1Cl. The van der Waals surface area contributed by atoms with Crippen molar-refractivity contribution in [1.29, 1.82) is 0 Å². The number of hydrogen-bond acceptors (Lipinski definition) is 3. The summed E-state index contributed by atoms with van der Waals surface area (Å²) in [7, 11) is 0. The molecule has 0 saturated carbocycles. The number of nitrogens with one attached hydrogen (secondary N) is 1. The highest BCUT2D eigenvalue weighted by molar-refractivity contribution is 6.38. The normalized spacial score (nSPS) is 9.21. The summed E-state index contributed by atoms with van der Waals surface area (Å²) in [4.78, 5) is 18.4. The fourth-order valence-corrected chi connectivity index (χ4v) is 1.13. The van der Waals surface area contributed by atoms with Crippen molar-refractivity contribution < 1.29 is 4.79 Å². The third-order valence-corrected chi connectivity index (χ3v) is 1.85. The number of terminal acetylenes is 1. The first kappa shape index (κ1) is 10.8. The van der Waals surface area contributed by atoms with Crippen LogP contribution in [0, 0.1) is 12.3 Å². The second kappa shape index (κ2) is 4.80. The minimum absolute atomic E-state index is 0.0540. The van der Waals surface area contributed by atoms with Crippen molar-refractivity contribution in [2.75, 3.05) is 5.32 Å². The molecular formula is C8H5Cl2N3O. The second-order valence-corrected chi connectivity index (χ2v) is 2.98. The van der Waals surface area contributed by atoms with Crippen LogP contribution in [0.1, 0.15) is 6.42 Å². The van der Waals surface area contributed by atoms with Crippen molar-refractivity contribution in [2.24, 2.45) is 0 Å². The summed E-state index contributed by atoms with van der Waals surface area (Å²) in [5.41, 5.74) is 0.177. The molecule has 1 aromatic rings. The molecule has 1 heterocycles. The van der Waals surface area contributed by atoms with E-state index >= 15 is 0 Å². The fraction of sp³-hybridized carbons (Fsp3) is 0.125. The molecule has 1 N–H and O–H groups in total. The highest BCUT2D eigenvalue weighted by Crippen LogP contribution is 2.25. The molecule has 1 amide bonds. The van der Waals surface area contributed by atoms with Gasteiger partial charge in [-0.3, -0.25) is 4.79 Å². The lowest BCUT2D eigenvalue weighted by atomic mass is 10.4. The summed E-state index contributed by atoms with van der Waals surface area (Å²) in [6.07, 6.45) is 6.09. The van der Waals surface area contributed by atoms with Crippen LogP contribution >= 0.6 is 23.2 Å². The molecule has 6 heteroatoms. The van der Waals surface area contributed by atoms with E-state index in [0.717, 1.165) is 0 Å². The van der Waals surface area contributed by atoms with Gasteiger partial charge in [0.2, 0.25) is 5.91 Å². The maximum absolute atomic E-state index is 11.1. The topological polar surface area (TPSA) is 54.9 Å². The Morgan fingerprint density at radius 1 is 1.50 bits per heavy atom. The lowest BCUT2D eigenvalue weighted by Gasteiger charge is -2.05. The van der Waals surface area contributed by atoms with Gasteiger partial charge in [0.25, 0.3) is 0 Å². The lowest BCUT2D eigenvalue weighted by Crippen LogP contribution is -2.11. The van der Waals surface area contributed by atoms with Gasteiger partial charge in [0.1, 0.15) is 12.0 Å². The first-order valence-electron chi connectivity index (χ1n) is 3.54. The number of halogens is 2. The van der Waals surface area contributed by atoms with Crippen LogP contribution in [0.5, 0.6) is 0 Å². The number of hydrogen-bond donors (Lipinski definition) is 1. The molecule has 4 nitrogen and oxygen atoms in total. The van der Waals surface area contributed by atoms with Crippen molar-refractivity contribution in [2.45, 2.75) is 6.42 Å². The lowest BCUT2D eigenvalue weighted by molar-refractivity contribution is -0.115. The third kappa shape index (κ3) is 2.59. The van der Waals surface area contributed by atoms with Gasteiger partial charge in [-0.1, -0.05) is 29.1 Å². The Hall–Kier alpha value is -1.31. The maximum atomic E-state index is 11.1. The predicted molar refractivity (Wildman–Crippen MR) is 54.1 cm³/mol. The molecular weight excluding hydrogens is 225 g/mol. The Balaban J connectivity index is 2.87. The monoisotopic (exact) mass is 229 g/mol. The van der Waals surface area contributed by atoms with E-state index in [-0.39, 0.29) is 28.3 Å². The number of amides is 1. The summed E-state index contributed by atoms with van der Waals surface area (Å²) in [5, 5.41) is 2.57. The molecule has 72 valence electrons. The molecule has 0 spiro atoms. The average molecular weight is 230 g/mol. The smallest absolute Gasteiger partial charge is 0.236 e. The molecule has 0 aliphatic heterocycles. The van der Waals surface area contributed by atoms with Gasteiger partial charge >= 0.3 is 0 Å². The fourth-order valence-electron chi connectivity index (χ4n) is 0.724. The van der Waals surface area contributed by atoms with Crippen LogP contribution in [0.2, 0.25) is 10.3 Å². The summed E-state index contributed by atoms with van der Waals surface area (Å²) in [5.74, 6) is 1.80. The van der Waals surface area contributed by atoms with Gasteiger partial charge in [0, 0.05) is 0 Å². The minimum Gasteiger partial charge on any atom is -0.320 e. The maximum Gasteiger partial charge on any atom is 0.236 e. The quantitative estimate of drug-likeness (QED) is 0.621. The van der Waals surface area contributed by atoms with Gasteiger partial charge in [0.05, 0.1) is 6.42 Å². The van der Waals surface area contributed by atoms with E-state index < -0.39 is 0 Å².